The standard InChI is InChI=1S/C13H24N4/c1-10(2)17-8-7-12(16-17)9-13(15-14)11-5-3-4-6-11/h7-8,10-11,13,15H,3-6,9,14H2,1-2H3. The summed E-state index contributed by atoms with van der Waals surface area (Å²) in [5.41, 5.74) is 4.13. The summed E-state index contributed by atoms with van der Waals surface area (Å²) in [5, 5.41) is 4.59. The molecule has 0 bridgehead atoms. The first-order valence-electron chi connectivity index (χ1n) is 6.71. The van der Waals surface area contributed by atoms with Crippen LogP contribution in [0.25, 0.3) is 0 Å². The highest BCUT2D eigenvalue weighted by atomic mass is 15.3. The van der Waals surface area contributed by atoms with Crippen molar-refractivity contribution in [3.05, 3.63) is 18.0 Å². The van der Waals surface area contributed by atoms with E-state index in [1.807, 2.05) is 4.68 Å². The maximum absolute atomic E-state index is 5.68. The number of hydrogen-bond acceptors (Lipinski definition) is 3. The van der Waals surface area contributed by atoms with E-state index in [9.17, 15) is 0 Å². The van der Waals surface area contributed by atoms with E-state index in [0.29, 0.717) is 12.1 Å². The van der Waals surface area contributed by atoms with Gasteiger partial charge in [0.25, 0.3) is 0 Å². The molecule has 1 heterocycles. The van der Waals surface area contributed by atoms with Crippen LogP contribution in [0.5, 0.6) is 0 Å². The Morgan fingerprint density at radius 3 is 2.71 bits per heavy atom. The Kier molecular flexibility index (Phi) is 4.18. The van der Waals surface area contributed by atoms with E-state index in [2.05, 4.69) is 36.6 Å². The SMILES string of the molecule is CC(C)n1ccc(CC(NN)C2CCCC2)n1. The summed E-state index contributed by atoms with van der Waals surface area (Å²) in [6, 6.07) is 2.92. The predicted molar refractivity (Wildman–Crippen MR) is 69.4 cm³/mol. The van der Waals surface area contributed by atoms with E-state index in [4.69, 9.17) is 5.84 Å². The minimum absolute atomic E-state index is 0.382. The van der Waals surface area contributed by atoms with Crippen LogP contribution < -0.4 is 11.3 Å². The molecular weight excluding hydrogens is 212 g/mol. The van der Waals surface area contributed by atoms with Crippen LogP contribution >= 0.6 is 0 Å². The summed E-state index contributed by atoms with van der Waals surface area (Å²) in [4.78, 5) is 0. The van der Waals surface area contributed by atoms with Crippen molar-refractivity contribution in [2.45, 2.75) is 58.0 Å². The topological polar surface area (TPSA) is 55.9 Å². The molecule has 4 heteroatoms. The van der Waals surface area contributed by atoms with Gasteiger partial charge in [-0.1, -0.05) is 12.8 Å². The molecule has 1 aromatic heterocycles. The molecule has 1 unspecified atom stereocenters. The van der Waals surface area contributed by atoms with Gasteiger partial charge in [0.1, 0.15) is 0 Å². The van der Waals surface area contributed by atoms with E-state index in [0.717, 1.165) is 18.0 Å². The van der Waals surface area contributed by atoms with Crippen LogP contribution in [-0.4, -0.2) is 15.8 Å². The Morgan fingerprint density at radius 1 is 1.47 bits per heavy atom. The van der Waals surface area contributed by atoms with Crippen molar-refractivity contribution in [1.29, 1.82) is 0 Å². The number of nitrogens with zero attached hydrogens (tertiary/aromatic N) is 2. The van der Waals surface area contributed by atoms with Gasteiger partial charge in [-0.2, -0.15) is 5.10 Å². The lowest BCUT2D eigenvalue weighted by molar-refractivity contribution is 0.357. The molecule has 1 atom stereocenters. The van der Waals surface area contributed by atoms with Crippen molar-refractivity contribution in [1.82, 2.24) is 15.2 Å². The lowest BCUT2D eigenvalue weighted by atomic mass is 9.95. The van der Waals surface area contributed by atoms with Crippen molar-refractivity contribution < 1.29 is 0 Å². The molecule has 0 aliphatic heterocycles. The average molecular weight is 236 g/mol. The minimum Gasteiger partial charge on any atom is -0.271 e. The second-order valence-electron chi connectivity index (χ2n) is 5.40. The van der Waals surface area contributed by atoms with Crippen molar-refractivity contribution in [2.24, 2.45) is 11.8 Å². The van der Waals surface area contributed by atoms with Gasteiger partial charge in [0.2, 0.25) is 0 Å². The molecule has 1 aliphatic carbocycles. The summed E-state index contributed by atoms with van der Waals surface area (Å²) in [6.45, 7) is 4.29. The Balaban J connectivity index is 1.97. The molecule has 1 saturated carbocycles. The van der Waals surface area contributed by atoms with E-state index < -0.39 is 0 Å². The van der Waals surface area contributed by atoms with Crippen LogP contribution in [0.4, 0.5) is 0 Å². The molecule has 0 spiro atoms. The van der Waals surface area contributed by atoms with Crippen molar-refractivity contribution in [3.8, 4) is 0 Å². The molecule has 1 aliphatic rings. The van der Waals surface area contributed by atoms with Crippen LogP contribution in [0.2, 0.25) is 0 Å². The molecule has 0 saturated heterocycles. The summed E-state index contributed by atoms with van der Waals surface area (Å²) >= 11 is 0. The van der Waals surface area contributed by atoms with Gasteiger partial charge >= 0.3 is 0 Å². The zero-order valence-corrected chi connectivity index (χ0v) is 10.9. The summed E-state index contributed by atoms with van der Waals surface area (Å²) in [7, 11) is 0. The van der Waals surface area contributed by atoms with E-state index in [1.54, 1.807) is 0 Å². The lowest BCUT2D eigenvalue weighted by Gasteiger charge is -2.21. The highest BCUT2D eigenvalue weighted by molar-refractivity contribution is 5.03. The molecule has 0 aromatic carbocycles. The van der Waals surface area contributed by atoms with Gasteiger partial charge in [-0.25, -0.2) is 0 Å². The largest absolute Gasteiger partial charge is 0.271 e. The number of aromatic nitrogens is 2. The first-order chi connectivity index (χ1) is 8.20. The third kappa shape index (κ3) is 3.07. The molecule has 17 heavy (non-hydrogen) atoms. The lowest BCUT2D eigenvalue weighted by Crippen LogP contribution is -2.41. The quantitative estimate of drug-likeness (QED) is 0.607. The molecule has 3 N–H and O–H groups in total. The van der Waals surface area contributed by atoms with Gasteiger partial charge in [-0.15, -0.1) is 0 Å². The van der Waals surface area contributed by atoms with Gasteiger partial charge in [-0.05, 0) is 38.7 Å². The molecule has 1 fully saturated rings. The Morgan fingerprint density at radius 2 is 2.18 bits per heavy atom. The maximum atomic E-state index is 5.68. The third-order valence-corrected chi connectivity index (χ3v) is 3.80. The summed E-state index contributed by atoms with van der Waals surface area (Å²) in [6.07, 6.45) is 8.31. The van der Waals surface area contributed by atoms with Gasteiger partial charge in [-0.3, -0.25) is 16.0 Å². The maximum Gasteiger partial charge on any atom is 0.0640 e. The van der Waals surface area contributed by atoms with Gasteiger partial charge in [0.05, 0.1) is 5.69 Å². The normalized spacial score (nSPS) is 19.1. The van der Waals surface area contributed by atoms with Crippen molar-refractivity contribution in [3.63, 3.8) is 0 Å². The van der Waals surface area contributed by atoms with E-state index in [-0.39, 0.29) is 0 Å². The highest BCUT2D eigenvalue weighted by Gasteiger charge is 2.24. The summed E-state index contributed by atoms with van der Waals surface area (Å²) < 4.78 is 2.01. The van der Waals surface area contributed by atoms with Crippen LogP contribution in [0.15, 0.2) is 12.3 Å². The molecule has 0 amide bonds. The second-order valence-corrected chi connectivity index (χ2v) is 5.40. The summed E-state index contributed by atoms with van der Waals surface area (Å²) in [5.74, 6) is 6.41. The van der Waals surface area contributed by atoms with Crippen LogP contribution in [0.1, 0.15) is 51.3 Å². The molecule has 96 valence electrons. The zero-order chi connectivity index (χ0) is 12.3. The number of nitrogens with one attached hydrogen (secondary N) is 1. The highest BCUT2D eigenvalue weighted by Crippen LogP contribution is 2.28. The number of hydrazine groups is 1. The first kappa shape index (κ1) is 12.6. The molecular formula is C13H24N4. The smallest absolute Gasteiger partial charge is 0.0640 e. The van der Waals surface area contributed by atoms with Crippen molar-refractivity contribution in [2.75, 3.05) is 0 Å². The van der Waals surface area contributed by atoms with Gasteiger partial charge in [0.15, 0.2) is 0 Å². The fraction of sp³-hybridized carbons (Fsp3) is 0.769. The number of hydrogen-bond donors (Lipinski definition) is 2. The number of rotatable bonds is 5. The van der Waals surface area contributed by atoms with E-state index >= 15 is 0 Å². The Bertz CT molecular complexity index is 339. The third-order valence-electron chi connectivity index (χ3n) is 3.80. The molecule has 1 aromatic rings. The second kappa shape index (κ2) is 5.65. The zero-order valence-electron chi connectivity index (χ0n) is 10.9. The first-order valence-corrected chi connectivity index (χ1v) is 6.71. The Hall–Kier alpha value is -0.870. The average Bonchev–Trinajstić information content (AvgIpc) is 2.96. The number of nitrogens with two attached hydrogens (primary N) is 1. The molecule has 0 radical (unpaired) electrons. The Labute approximate surface area is 104 Å². The van der Waals surface area contributed by atoms with Crippen molar-refractivity contribution >= 4 is 0 Å². The fourth-order valence-electron chi connectivity index (χ4n) is 2.72. The fourth-order valence-corrected chi connectivity index (χ4v) is 2.72. The van der Waals surface area contributed by atoms with Gasteiger partial charge < -0.3 is 0 Å². The van der Waals surface area contributed by atoms with Gasteiger partial charge in [0, 0.05) is 24.7 Å². The minimum atomic E-state index is 0.382. The monoisotopic (exact) mass is 236 g/mol. The van der Waals surface area contributed by atoms with Crippen LogP contribution in [-0.2, 0) is 6.42 Å². The van der Waals surface area contributed by atoms with E-state index in [1.165, 1.54) is 25.7 Å². The molecule has 2 rings (SSSR count). The van der Waals surface area contributed by atoms with Crippen LogP contribution in [0, 0.1) is 5.92 Å². The predicted octanol–water partition coefficient (Wildman–Crippen LogP) is 2.03. The van der Waals surface area contributed by atoms with Crippen LogP contribution in [0.3, 0.4) is 0 Å². The molecule has 4 nitrogen and oxygen atoms in total.